The van der Waals surface area contributed by atoms with Crippen molar-refractivity contribution in [1.29, 1.82) is 0 Å². The molecule has 0 bridgehead atoms. The molecule has 1 heterocycles. The van der Waals surface area contributed by atoms with E-state index in [1.807, 2.05) is 55.4 Å². The minimum absolute atomic E-state index is 0.0776. The van der Waals surface area contributed by atoms with Gasteiger partial charge in [-0.05, 0) is 90.4 Å². The van der Waals surface area contributed by atoms with E-state index in [0.717, 1.165) is 51.5 Å². The molecule has 4 N–H and O–H groups in total. The smallest absolute Gasteiger partial charge is 0.408 e. The highest BCUT2D eigenvalue weighted by Crippen LogP contribution is 2.39. The second-order valence-electron chi connectivity index (χ2n) is 16.5. The van der Waals surface area contributed by atoms with E-state index in [1.54, 1.807) is 31.7 Å². The number of carbonyl (C=O) groups excluding carboxylic acids is 6. The van der Waals surface area contributed by atoms with Crippen molar-refractivity contribution >= 4 is 36.0 Å². The summed E-state index contributed by atoms with van der Waals surface area (Å²) in [6.45, 7) is 31.0. The maximum atomic E-state index is 14.0. The van der Waals surface area contributed by atoms with Crippen molar-refractivity contribution in [3.05, 3.63) is 12.7 Å². The SMILES string of the molecule is C=CC.CC.CC(=O)C(CC1CC1)NC(=O)C1C[C@@H](C)CN1C(=O)[C@@H](NC(=O)C(NC(=O)OC(C)(C)C)C1(C)CCCCC1)C(C)C.CCC.CCNC=O. The Labute approximate surface area is 334 Å². The molecule has 5 atom stereocenters. The lowest BCUT2D eigenvalue weighted by molar-refractivity contribution is -0.143. The summed E-state index contributed by atoms with van der Waals surface area (Å²) >= 11 is 0. The fraction of sp³-hybridized carbons (Fsp3) is 0.814. The Hall–Kier alpha value is -3.44. The molecule has 0 spiro atoms. The predicted molar refractivity (Wildman–Crippen MR) is 223 cm³/mol. The first-order valence-corrected chi connectivity index (χ1v) is 20.9. The second kappa shape index (κ2) is 28.0. The van der Waals surface area contributed by atoms with Crippen LogP contribution >= 0.6 is 0 Å². The summed E-state index contributed by atoms with van der Waals surface area (Å²) in [7, 11) is 0. The van der Waals surface area contributed by atoms with Crippen molar-refractivity contribution in [1.82, 2.24) is 26.2 Å². The molecule has 320 valence electrons. The van der Waals surface area contributed by atoms with Crippen molar-refractivity contribution < 1.29 is 33.5 Å². The quantitative estimate of drug-likeness (QED) is 0.111. The predicted octanol–water partition coefficient (Wildman–Crippen LogP) is 7.49. The van der Waals surface area contributed by atoms with Gasteiger partial charge >= 0.3 is 6.09 Å². The maximum absolute atomic E-state index is 14.0. The number of hydrogen-bond donors (Lipinski definition) is 4. The molecule has 0 aromatic rings. The van der Waals surface area contributed by atoms with Crippen molar-refractivity contribution in [3.8, 4) is 0 Å². The standard InChI is InChI=1S/C32H54N4O6.C3H7NO.C3H8.C3H6.C2H6/c1-19(2)25(34-28(39)26(32(8)14-10-9-11-15-32)35-30(41)42-31(5,6)7)29(40)36-18-20(3)16-24(36)27(38)33-23(21(4)37)17-22-12-13-22;1-2-4-3-5;2*1-3-2;1-2/h19-20,22-26H,9-18H2,1-8H3,(H,33,38)(H,34,39)(H,35,41);3H,2H2,1H3,(H,4,5);3H2,1-2H3;3H,1H2,2H3;1-2H3/t20-,23?,24?,25+,26?;;;;/m1..../s1. The lowest BCUT2D eigenvalue weighted by Crippen LogP contribution is -2.62. The zero-order valence-corrected chi connectivity index (χ0v) is 37.2. The van der Waals surface area contributed by atoms with Crippen LogP contribution in [-0.2, 0) is 28.7 Å². The molecule has 0 aromatic carbocycles. The molecule has 12 heteroatoms. The van der Waals surface area contributed by atoms with Gasteiger partial charge in [-0.25, -0.2) is 4.79 Å². The number of ketones is 1. The third-order valence-electron chi connectivity index (χ3n) is 9.30. The van der Waals surface area contributed by atoms with Gasteiger partial charge in [0, 0.05) is 13.1 Å². The molecular weight excluding hydrogens is 699 g/mol. The minimum atomic E-state index is -0.886. The molecule has 3 rings (SSSR count). The molecule has 3 unspecified atom stereocenters. The van der Waals surface area contributed by atoms with Crippen LogP contribution in [0, 0.1) is 23.2 Å². The van der Waals surface area contributed by atoms with Gasteiger partial charge in [0.05, 0.1) is 6.04 Å². The first-order chi connectivity index (χ1) is 25.7. The minimum Gasteiger partial charge on any atom is -0.444 e. The Kier molecular flexibility index (Phi) is 27.3. The van der Waals surface area contributed by atoms with Crippen LogP contribution in [-0.4, -0.2) is 83.8 Å². The Bertz CT molecular complexity index is 1160. The van der Waals surface area contributed by atoms with E-state index in [1.165, 1.54) is 13.3 Å². The number of rotatable bonds is 13. The van der Waals surface area contributed by atoms with Crippen LogP contribution in [0.2, 0.25) is 0 Å². The van der Waals surface area contributed by atoms with Crippen LogP contribution in [0.4, 0.5) is 4.79 Å². The highest BCUT2D eigenvalue weighted by molar-refractivity contribution is 5.96. The average Bonchev–Trinajstić information content (AvgIpc) is 3.84. The normalized spacial score (nSPS) is 19.9. The zero-order chi connectivity index (χ0) is 42.9. The largest absolute Gasteiger partial charge is 0.444 e. The van der Waals surface area contributed by atoms with E-state index in [-0.39, 0.29) is 29.4 Å². The van der Waals surface area contributed by atoms with Crippen molar-refractivity contribution in [2.45, 2.75) is 191 Å². The first kappa shape index (κ1) is 53.7. The highest BCUT2D eigenvalue weighted by atomic mass is 16.6. The lowest BCUT2D eigenvalue weighted by Gasteiger charge is -2.41. The van der Waals surface area contributed by atoms with Gasteiger partial charge in [0.2, 0.25) is 24.1 Å². The third-order valence-corrected chi connectivity index (χ3v) is 9.30. The Balaban J connectivity index is 0. The molecule has 2 aliphatic carbocycles. The van der Waals surface area contributed by atoms with Crippen LogP contribution in [0.15, 0.2) is 12.7 Å². The summed E-state index contributed by atoms with van der Waals surface area (Å²) in [4.78, 5) is 77.3. The molecule has 3 fully saturated rings. The Morgan fingerprint density at radius 3 is 1.89 bits per heavy atom. The molecule has 12 nitrogen and oxygen atoms in total. The number of alkyl carbamates (subject to hydrolysis) is 1. The van der Waals surface area contributed by atoms with Crippen molar-refractivity contribution in [2.75, 3.05) is 13.1 Å². The van der Waals surface area contributed by atoms with Gasteiger partial charge in [0.1, 0.15) is 23.7 Å². The molecule has 55 heavy (non-hydrogen) atoms. The Morgan fingerprint density at radius 1 is 0.964 bits per heavy atom. The molecule has 0 radical (unpaired) electrons. The van der Waals surface area contributed by atoms with Crippen LogP contribution in [0.25, 0.3) is 0 Å². The van der Waals surface area contributed by atoms with Gasteiger partial charge in [-0.2, -0.15) is 0 Å². The maximum Gasteiger partial charge on any atom is 0.408 e. The Morgan fingerprint density at radius 2 is 1.49 bits per heavy atom. The van der Waals surface area contributed by atoms with E-state index < -0.39 is 47.2 Å². The monoisotopic (exact) mass is 780 g/mol. The van der Waals surface area contributed by atoms with Crippen molar-refractivity contribution in [2.24, 2.45) is 23.2 Å². The fourth-order valence-corrected chi connectivity index (χ4v) is 6.46. The zero-order valence-electron chi connectivity index (χ0n) is 37.2. The van der Waals surface area contributed by atoms with E-state index in [0.29, 0.717) is 31.7 Å². The van der Waals surface area contributed by atoms with Crippen LogP contribution in [0.1, 0.15) is 161 Å². The fourth-order valence-electron chi connectivity index (χ4n) is 6.46. The molecule has 3 aliphatic rings. The van der Waals surface area contributed by atoms with E-state index in [2.05, 4.69) is 41.7 Å². The number of allylic oxidation sites excluding steroid dienone is 1. The van der Waals surface area contributed by atoms with Crippen LogP contribution < -0.4 is 21.3 Å². The molecule has 0 aromatic heterocycles. The topological polar surface area (TPSA) is 163 Å². The second-order valence-corrected chi connectivity index (χ2v) is 16.5. The summed E-state index contributed by atoms with van der Waals surface area (Å²) in [6, 6.07) is -3.02. The molecular formula is C43H81N5O7. The molecule has 2 saturated carbocycles. The van der Waals surface area contributed by atoms with E-state index >= 15 is 0 Å². The molecule has 1 saturated heterocycles. The average molecular weight is 780 g/mol. The number of amides is 5. The molecule has 5 amide bonds. The number of nitrogens with one attached hydrogen (secondary N) is 4. The van der Waals surface area contributed by atoms with Crippen LogP contribution in [0.5, 0.6) is 0 Å². The van der Waals surface area contributed by atoms with Gasteiger partial charge in [-0.3, -0.25) is 24.0 Å². The van der Waals surface area contributed by atoms with Gasteiger partial charge in [0.25, 0.3) is 0 Å². The number of Topliss-reactive ketones (excluding diaryl/α,β-unsaturated/α-hetero) is 1. The number of nitrogens with zero attached hydrogens (tertiary/aromatic N) is 1. The van der Waals surface area contributed by atoms with Gasteiger partial charge in [0.15, 0.2) is 5.78 Å². The first-order valence-electron chi connectivity index (χ1n) is 20.9. The van der Waals surface area contributed by atoms with Gasteiger partial charge in [-0.15, -0.1) is 6.58 Å². The van der Waals surface area contributed by atoms with Crippen molar-refractivity contribution in [3.63, 3.8) is 0 Å². The van der Waals surface area contributed by atoms with E-state index in [9.17, 15) is 28.8 Å². The number of likely N-dealkylation sites (tertiary alicyclic amines) is 1. The van der Waals surface area contributed by atoms with Gasteiger partial charge in [-0.1, -0.05) is 100.0 Å². The summed E-state index contributed by atoms with van der Waals surface area (Å²) in [5.41, 5.74) is -1.21. The molecule has 1 aliphatic heterocycles. The number of carbonyl (C=O) groups is 6. The summed E-state index contributed by atoms with van der Waals surface area (Å²) in [5, 5.41) is 11.1. The van der Waals surface area contributed by atoms with Gasteiger partial charge < -0.3 is 30.9 Å². The number of hydrogen-bond acceptors (Lipinski definition) is 7. The summed E-state index contributed by atoms with van der Waals surface area (Å²) < 4.78 is 5.49. The van der Waals surface area contributed by atoms with E-state index in [4.69, 9.17) is 4.74 Å². The number of ether oxygens (including phenoxy) is 1. The van der Waals surface area contributed by atoms with Crippen LogP contribution in [0.3, 0.4) is 0 Å². The summed E-state index contributed by atoms with van der Waals surface area (Å²) in [6.07, 6.45) is 10.8. The third kappa shape index (κ3) is 21.4. The lowest BCUT2D eigenvalue weighted by atomic mass is 9.70. The highest BCUT2D eigenvalue weighted by Gasteiger charge is 2.46. The summed E-state index contributed by atoms with van der Waals surface area (Å²) in [5.74, 6) is -0.848.